The van der Waals surface area contributed by atoms with E-state index in [4.69, 9.17) is 4.18 Å². The number of quaternary nitrogens is 1. The number of unbranched alkanes of at least 4 members (excludes halogenated alkanes) is 21. The van der Waals surface area contributed by atoms with E-state index in [1.165, 1.54) is 122 Å². The molecule has 0 bridgehead atoms. The van der Waals surface area contributed by atoms with E-state index in [1.807, 2.05) is 0 Å². The highest BCUT2D eigenvalue weighted by atomic mass is 32.3. The van der Waals surface area contributed by atoms with E-state index in [1.54, 1.807) is 6.92 Å². The van der Waals surface area contributed by atoms with Gasteiger partial charge < -0.3 is 10.7 Å². The van der Waals surface area contributed by atoms with Crippen LogP contribution in [0.4, 0.5) is 0 Å². The molecule has 0 saturated heterocycles. The van der Waals surface area contributed by atoms with Crippen molar-refractivity contribution in [3.05, 3.63) is 0 Å². The first-order valence-electron chi connectivity index (χ1n) is 15.0. The van der Waals surface area contributed by atoms with Gasteiger partial charge in [-0.3, -0.25) is 4.18 Å². The van der Waals surface area contributed by atoms with E-state index in [-0.39, 0.29) is 6.15 Å². The summed E-state index contributed by atoms with van der Waals surface area (Å²) >= 11 is 0. The minimum atomic E-state index is -4.66. The smallest absolute Gasteiger partial charge is 0.218 e. The molecule has 0 heterocycles. The molecule has 0 saturated carbocycles. The highest BCUT2D eigenvalue weighted by Gasteiger charge is 2.27. The number of rotatable bonds is 27. The molecule has 0 aromatic heterocycles. The van der Waals surface area contributed by atoms with Crippen molar-refractivity contribution in [2.75, 3.05) is 0 Å². The van der Waals surface area contributed by atoms with Crippen LogP contribution < -0.4 is 6.15 Å². The second-order valence-corrected chi connectivity index (χ2v) is 11.8. The topological polar surface area (TPSA) is 103 Å². The Labute approximate surface area is 220 Å². The van der Waals surface area contributed by atoms with Gasteiger partial charge in [-0.15, -0.1) is 0 Å². The maximum Gasteiger partial charge on any atom is 0.218 e. The molecule has 214 valence electrons. The summed E-state index contributed by atoms with van der Waals surface area (Å²) in [4.78, 5) is 0. The summed E-state index contributed by atoms with van der Waals surface area (Å²) in [5.74, 6) is 0. The van der Waals surface area contributed by atoms with Crippen LogP contribution in [0.5, 0.6) is 0 Å². The van der Waals surface area contributed by atoms with Crippen LogP contribution in [0.2, 0.25) is 0 Å². The third kappa shape index (κ3) is 28.3. The molecule has 35 heavy (non-hydrogen) atoms. The predicted molar refractivity (Wildman–Crippen MR) is 152 cm³/mol. The largest absolute Gasteiger partial charge is 0.726 e. The van der Waals surface area contributed by atoms with E-state index in [0.717, 1.165) is 25.7 Å². The lowest BCUT2D eigenvalue weighted by Gasteiger charge is -2.30. The van der Waals surface area contributed by atoms with E-state index in [9.17, 15) is 13.0 Å². The maximum absolute atomic E-state index is 11.2. The lowest BCUT2D eigenvalue weighted by atomic mass is 9.91. The fraction of sp³-hybridized carbons (Fsp3) is 1.00. The Balaban J connectivity index is 0. The van der Waals surface area contributed by atoms with Crippen LogP contribution in [0.1, 0.15) is 181 Å². The predicted octanol–water partition coefficient (Wildman–Crippen LogP) is 10.4. The van der Waals surface area contributed by atoms with Crippen molar-refractivity contribution >= 4 is 10.4 Å². The van der Waals surface area contributed by atoms with E-state index in [0.29, 0.717) is 12.8 Å². The molecular formula is C29H63NO4S. The van der Waals surface area contributed by atoms with Gasteiger partial charge in [0, 0.05) is 0 Å². The van der Waals surface area contributed by atoms with Gasteiger partial charge in [-0.25, -0.2) is 8.42 Å². The van der Waals surface area contributed by atoms with Crippen molar-refractivity contribution in [2.45, 2.75) is 187 Å². The molecule has 0 rings (SSSR count). The fourth-order valence-electron chi connectivity index (χ4n) is 4.96. The molecule has 0 aliphatic rings. The lowest BCUT2D eigenvalue weighted by Crippen LogP contribution is -2.31. The first kappa shape index (κ1) is 37.0. The average Bonchev–Trinajstić information content (AvgIpc) is 2.77. The molecule has 1 unspecified atom stereocenters. The Morgan fingerprint density at radius 3 is 0.971 bits per heavy atom. The number of hydrogen-bond donors (Lipinski definition) is 1. The number of hydrogen-bond acceptors (Lipinski definition) is 4. The van der Waals surface area contributed by atoms with Gasteiger partial charge in [-0.05, 0) is 19.8 Å². The van der Waals surface area contributed by atoms with Gasteiger partial charge in [0.25, 0.3) is 0 Å². The molecule has 0 spiro atoms. The third-order valence-electron chi connectivity index (χ3n) is 7.17. The average molecular weight is 522 g/mol. The standard InChI is InChI=1S/C29H60O4S.H3N/c1-4-6-8-10-12-13-14-15-16-17-18-19-20-21-22-24-26-28-29(3,33-34(30,31)32)27-25-23-11-9-7-5-2;/h4-28H2,1-3H3,(H,30,31,32);1H3. The van der Waals surface area contributed by atoms with Gasteiger partial charge in [0.05, 0.1) is 5.60 Å². The van der Waals surface area contributed by atoms with E-state index in [2.05, 4.69) is 13.8 Å². The third-order valence-corrected chi connectivity index (χ3v) is 7.78. The molecule has 0 aliphatic heterocycles. The first-order valence-corrected chi connectivity index (χ1v) is 16.3. The van der Waals surface area contributed by atoms with Crippen molar-refractivity contribution < 1.29 is 17.2 Å². The Hall–Kier alpha value is -0.170. The molecular weight excluding hydrogens is 458 g/mol. The summed E-state index contributed by atoms with van der Waals surface area (Å²) in [5.41, 5.74) is -0.832. The Bertz CT molecular complexity index is 527. The zero-order valence-corrected chi connectivity index (χ0v) is 25.0. The Kier molecular flexibility index (Phi) is 26.9. The van der Waals surface area contributed by atoms with Crippen molar-refractivity contribution in [3.63, 3.8) is 0 Å². The molecule has 0 aromatic carbocycles. The molecule has 6 heteroatoms. The zero-order chi connectivity index (χ0) is 25.4. The van der Waals surface area contributed by atoms with Crippen molar-refractivity contribution in [3.8, 4) is 0 Å². The molecule has 0 fully saturated rings. The van der Waals surface area contributed by atoms with Gasteiger partial charge in [-0.1, -0.05) is 162 Å². The Morgan fingerprint density at radius 1 is 0.514 bits per heavy atom. The molecule has 1 atom stereocenters. The highest BCUT2D eigenvalue weighted by molar-refractivity contribution is 7.80. The zero-order valence-electron chi connectivity index (χ0n) is 24.2. The van der Waals surface area contributed by atoms with Crippen LogP contribution in [0.25, 0.3) is 0 Å². The lowest BCUT2D eigenvalue weighted by molar-refractivity contribution is 0.0559. The second kappa shape index (κ2) is 25.5. The molecule has 0 amide bonds. The first-order chi connectivity index (χ1) is 16.3. The summed E-state index contributed by atoms with van der Waals surface area (Å²) < 4.78 is 38.7. The molecule has 5 nitrogen and oxygen atoms in total. The van der Waals surface area contributed by atoms with Crippen molar-refractivity contribution in [1.29, 1.82) is 0 Å². The van der Waals surface area contributed by atoms with Crippen LogP contribution in [0.15, 0.2) is 0 Å². The van der Waals surface area contributed by atoms with Gasteiger partial charge in [-0.2, -0.15) is 0 Å². The van der Waals surface area contributed by atoms with E-state index >= 15 is 0 Å². The minimum absolute atomic E-state index is 0. The summed E-state index contributed by atoms with van der Waals surface area (Å²) in [6.07, 6.45) is 30.7. The fourth-order valence-corrected chi connectivity index (χ4v) is 5.62. The molecule has 0 aromatic rings. The van der Waals surface area contributed by atoms with Gasteiger partial charge in [0.15, 0.2) is 0 Å². The second-order valence-electron chi connectivity index (χ2n) is 10.9. The summed E-state index contributed by atoms with van der Waals surface area (Å²) in [7, 11) is -4.66. The minimum Gasteiger partial charge on any atom is -0.726 e. The normalized spacial score (nSPS) is 13.5. The maximum atomic E-state index is 11.2. The van der Waals surface area contributed by atoms with Crippen molar-refractivity contribution in [2.24, 2.45) is 0 Å². The van der Waals surface area contributed by atoms with E-state index < -0.39 is 16.0 Å². The highest BCUT2D eigenvalue weighted by Crippen LogP contribution is 2.28. The monoisotopic (exact) mass is 521 g/mol. The summed E-state index contributed by atoms with van der Waals surface area (Å²) in [5, 5.41) is 0. The van der Waals surface area contributed by atoms with Gasteiger partial charge in [0.2, 0.25) is 10.4 Å². The van der Waals surface area contributed by atoms with Crippen LogP contribution in [0, 0.1) is 0 Å². The van der Waals surface area contributed by atoms with Crippen LogP contribution in [0.3, 0.4) is 0 Å². The molecule has 4 N–H and O–H groups in total. The quantitative estimate of drug-likeness (QED) is 0.0659. The van der Waals surface area contributed by atoms with Gasteiger partial charge >= 0.3 is 0 Å². The van der Waals surface area contributed by atoms with Crippen LogP contribution in [-0.4, -0.2) is 18.6 Å². The molecule has 0 radical (unpaired) electrons. The van der Waals surface area contributed by atoms with Crippen LogP contribution in [-0.2, 0) is 14.6 Å². The summed E-state index contributed by atoms with van der Waals surface area (Å²) in [6, 6.07) is 0. The SMILES string of the molecule is CCCCCCCCCCCCCCCCCCCC(C)(CCCCCCCC)OS(=O)(=O)[O-].[NH4+]. The van der Waals surface area contributed by atoms with Gasteiger partial charge in [0.1, 0.15) is 0 Å². The van der Waals surface area contributed by atoms with Crippen LogP contribution >= 0.6 is 0 Å². The Morgan fingerprint density at radius 2 is 0.743 bits per heavy atom. The summed E-state index contributed by atoms with van der Waals surface area (Å²) in [6.45, 7) is 6.28. The van der Waals surface area contributed by atoms with Crippen molar-refractivity contribution in [1.82, 2.24) is 6.15 Å². The molecule has 0 aliphatic carbocycles.